The van der Waals surface area contributed by atoms with E-state index in [0.29, 0.717) is 69.8 Å². The van der Waals surface area contributed by atoms with E-state index in [0.717, 1.165) is 46.2 Å². The number of halogens is 5. The van der Waals surface area contributed by atoms with Gasteiger partial charge in [-0.3, -0.25) is 4.79 Å². The number of alkyl halides is 5. The highest BCUT2D eigenvalue weighted by molar-refractivity contribution is 5.77. The third-order valence-corrected chi connectivity index (χ3v) is 14.4. The molecule has 4 aliphatic heterocycles. The summed E-state index contributed by atoms with van der Waals surface area (Å²) >= 11 is 0. The van der Waals surface area contributed by atoms with Crippen molar-refractivity contribution in [2.45, 2.75) is 177 Å². The van der Waals surface area contributed by atoms with Gasteiger partial charge in [0.25, 0.3) is 12.1 Å². The van der Waals surface area contributed by atoms with Gasteiger partial charge in [-0.2, -0.15) is 33.6 Å². The molecular formula is C59H77F5N8O10. The fourth-order valence-electron chi connectivity index (χ4n) is 8.39. The fourth-order valence-corrected chi connectivity index (χ4v) is 8.39. The number of carbonyl (C=O) groups excluding carboxylic acids is 1. The predicted molar refractivity (Wildman–Crippen MR) is 292 cm³/mol. The Kier molecular flexibility index (Phi) is 24.1. The van der Waals surface area contributed by atoms with E-state index < -0.39 is 60.6 Å². The number of aryl methyl sites for hydroxylation is 4. The second-order valence-corrected chi connectivity index (χ2v) is 21.4. The number of hydrogen-bond acceptors (Lipinski definition) is 18. The van der Waals surface area contributed by atoms with E-state index in [2.05, 4.69) is 40.9 Å². The maximum Gasteiger partial charge on any atom is 0.442 e. The van der Waals surface area contributed by atoms with Crippen LogP contribution in [0, 0.1) is 0 Å². The summed E-state index contributed by atoms with van der Waals surface area (Å²) in [6, 6.07) is 28.8. The number of ether oxygens (including phenoxy) is 3. The summed E-state index contributed by atoms with van der Waals surface area (Å²) < 4.78 is 80.7. The molecule has 0 spiro atoms. The van der Waals surface area contributed by atoms with Gasteiger partial charge in [-0.15, -0.1) is 20.5 Å². The topological polar surface area (TPSA) is 265 Å². The summed E-state index contributed by atoms with van der Waals surface area (Å²) in [5.74, 6) is 0.142. The molecule has 448 valence electrons. The van der Waals surface area contributed by atoms with E-state index >= 15 is 0 Å². The molecule has 4 aromatic rings. The van der Waals surface area contributed by atoms with E-state index in [1.807, 2.05) is 76.2 Å². The van der Waals surface area contributed by atoms with Crippen LogP contribution in [0.25, 0.3) is 0 Å². The largest absolute Gasteiger partial charge is 0.442 e. The zero-order chi connectivity index (χ0) is 59.6. The lowest BCUT2D eigenvalue weighted by Gasteiger charge is -2.15. The van der Waals surface area contributed by atoms with Crippen molar-refractivity contribution in [3.05, 3.63) is 142 Å². The molecule has 0 saturated carbocycles. The first-order valence-corrected chi connectivity index (χ1v) is 27.8. The number of hydrogen-bond donors (Lipinski definition) is 6. The molecule has 0 radical (unpaired) electrons. The van der Waals surface area contributed by atoms with E-state index in [1.54, 1.807) is 36.4 Å². The summed E-state index contributed by atoms with van der Waals surface area (Å²) in [5, 5.41) is 88.5. The first kappa shape index (κ1) is 65.4. The summed E-state index contributed by atoms with van der Waals surface area (Å²) in [6.07, 6.45) is -4.46. The van der Waals surface area contributed by atoms with Crippen LogP contribution in [0.5, 0.6) is 0 Å². The number of nitrogens with zero attached hydrogens (tertiary/aromatic N) is 8. The Balaban J connectivity index is 0.000000202. The van der Waals surface area contributed by atoms with Gasteiger partial charge in [-0.05, 0) is 100 Å². The molecule has 4 aliphatic rings. The van der Waals surface area contributed by atoms with Crippen LogP contribution in [-0.2, 0) is 67.3 Å². The lowest BCUT2D eigenvalue weighted by atomic mass is 9.99. The van der Waals surface area contributed by atoms with Crippen molar-refractivity contribution in [2.75, 3.05) is 39.6 Å². The van der Waals surface area contributed by atoms with E-state index in [1.165, 1.54) is 12.1 Å². The molecule has 18 nitrogen and oxygen atoms in total. The Morgan fingerprint density at radius 1 is 0.451 bits per heavy atom. The number of Topliss-reactive ketones (excluding diaryl/α,β-unsaturated/α-hetero) is 1. The zero-order valence-electron chi connectivity index (χ0n) is 46.8. The Morgan fingerprint density at radius 3 is 1.02 bits per heavy atom. The van der Waals surface area contributed by atoms with Crippen molar-refractivity contribution >= 4 is 5.78 Å². The minimum absolute atomic E-state index is 0.00353. The summed E-state index contributed by atoms with van der Waals surface area (Å²) in [4.78, 5) is 11.2. The van der Waals surface area contributed by atoms with Gasteiger partial charge in [0.1, 0.15) is 5.78 Å². The molecule has 0 aromatic heterocycles. The molecule has 23 heteroatoms. The van der Waals surface area contributed by atoms with Gasteiger partial charge in [0, 0.05) is 35.1 Å². The molecule has 0 saturated heterocycles. The maximum absolute atomic E-state index is 13.0. The zero-order valence-corrected chi connectivity index (χ0v) is 46.8. The van der Waals surface area contributed by atoms with Crippen LogP contribution in [0.1, 0.15) is 124 Å². The average molecular weight is 1150 g/mol. The third kappa shape index (κ3) is 20.2. The number of aliphatic hydroxyl groups excluding tert-OH is 6. The average Bonchev–Trinajstić information content (AvgIpc) is 4.25. The highest BCUT2D eigenvalue weighted by Gasteiger charge is 2.65. The molecule has 6 unspecified atom stereocenters. The molecule has 8 rings (SSSR count). The highest BCUT2D eigenvalue weighted by Crippen LogP contribution is 2.52. The van der Waals surface area contributed by atoms with Crippen LogP contribution in [0.3, 0.4) is 0 Å². The van der Waals surface area contributed by atoms with Crippen LogP contribution in [0.15, 0.2) is 138 Å². The lowest BCUT2D eigenvalue weighted by molar-refractivity contribution is -0.166. The lowest BCUT2D eigenvalue weighted by Crippen LogP contribution is -2.30. The van der Waals surface area contributed by atoms with Gasteiger partial charge in [-0.25, -0.2) is 8.78 Å². The number of rotatable bonds is 34. The van der Waals surface area contributed by atoms with Crippen LogP contribution in [0.2, 0.25) is 0 Å². The molecule has 82 heavy (non-hydrogen) atoms. The maximum atomic E-state index is 13.0. The smallest absolute Gasteiger partial charge is 0.391 e. The fraction of sp³-hybridized carbons (Fsp3) is 0.576. The second-order valence-electron chi connectivity index (χ2n) is 21.4. The molecule has 0 amide bonds. The third-order valence-electron chi connectivity index (χ3n) is 14.4. The van der Waals surface area contributed by atoms with Gasteiger partial charge in [0.05, 0.1) is 76.3 Å². The molecule has 0 bridgehead atoms. The van der Waals surface area contributed by atoms with Crippen molar-refractivity contribution in [1.82, 2.24) is 0 Å². The molecule has 0 fully saturated rings. The second kappa shape index (κ2) is 30.2. The van der Waals surface area contributed by atoms with Crippen molar-refractivity contribution in [2.24, 2.45) is 40.9 Å². The first-order valence-electron chi connectivity index (χ1n) is 27.8. The molecular weight excluding hydrogens is 1080 g/mol. The Labute approximate surface area is 474 Å². The number of ketones is 1. The number of aliphatic hydroxyl groups is 6. The van der Waals surface area contributed by atoms with Crippen molar-refractivity contribution in [1.29, 1.82) is 0 Å². The summed E-state index contributed by atoms with van der Waals surface area (Å²) in [5.41, 5.74) is 1.70. The highest BCUT2D eigenvalue weighted by atomic mass is 19.4. The first-order chi connectivity index (χ1) is 39.0. The Bertz CT molecular complexity index is 2700. The van der Waals surface area contributed by atoms with Gasteiger partial charge in [-0.1, -0.05) is 111 Å². The van der Waals surface area contributed by atoms with Crippen molar-refractivity contribution in [3.63, 3.8) is 0 Å². The van der Waals surface area contributed by atoms with Gasteiger partial charge < -0.3 is 44.8 Å². The minimum Gasteiger partial charge on any atom is -0.391 e. The normalized spacial score (nSPS) is 18.3. The van der Waals surface area contributed by atoms with E-state index in [4.69, 9.17) is 14.2 Å². The summed E-state index contributed by atoms with van der Waals surface area (Å²) in [6.45, 7) is 8.48. The van der Waals surface area contributed by atoms with Crippen LogP contribution in [0.4, 0.5) is 22.0 Å². The standard InChI is InChI=1S/C24H28F2N4O3.C19H28N2O4.C16H21F3N2O3/c1-23(27-28-23)18-8-2-16(3-9-18)6-12-20(31)14-33-15-21(32)13-7-17-4-10-19(11-5-17)24(22(25)26)29-30-24;1-3-16(22)10-11-18(24)13-25-12-17(23)9-6-14-4-7-15(8-5-14)19(2)20-21-19;1-2-13(22)9-24-10-14(23)8-5-11-3-6-12(7-4-11)15(20-21-15)16(17,18)19/h2-5,8-11,20-22,31-32H,6-7,12-15H2,1H3;4-5,7-8,17-18,23-24H,3,6,9-13H2,1-2H3;3-4,6-7,13-14,22-23H,2,5,8-10H2,1H3. The Hall–Kier alpha value is -5.76. The number of benzene rings is 4. The van der Waals surface area contributed by atoms with Crippen LogP contribution in [-0.4, -0.2) is 125 Å². The van der Waals surface area contributed by atoms with E-state index in [-0.39, 0.29) is 62.3 Å². The van der Waals surface area contributed by atoms with Gasteiger partial charge >= 0.3 is 11.8 Å². The van der Waals surface area contributed by atoms with Gasteiger partial charge in [0.15, 0.2) is 0 Å². The molecule has 4 aromatic carbocycles. The monoisotopic (exact) mass is 1150 g/mol. The summed E-state index contributed by atoms with van der Waals surface area (Å²) in [7, 11) is 0. The minimum atomic E-state index is -4.52. The van der Waals surface area contributed by atoms with Crippen LogP contribution < -0.4 is 0 Å². The van der Waals surface area contributed by atoms with Crippen LogP contribution >= 0.6 is 0 Å². The molecule has 6 atom stereocenters. The Morgan fingerprint density at radius 2 is 0.756 bits per heavy atom. The van der Waals surface area contributed by atoms with E-state index in [9.17, 15) is 57.4 Å². The number of carbonyl (C=O) groups is 1. The molecule has 6 N–H and O–H groups in total. The molecule has 4 heterocycles. The molecule has 0 aliphatic carbocycles. The quantitative estimate of drug-likeness (QED) is 0.0241. The van der Waals surface area contributed by atoms with Crippen molar-refractivity contribution in [3.8, 4) is 0 Å². The van der Waals surface area contributed by atoms with Gasteiger partial charge in [0.2, 0.25) is 11.3 Å². The predicted octanol–water partition coefficient (Wildman–Crippen LogP) is 10.2. The SMILES string of the molecule is CC1(c2ccc(CCC(O)COCC(O)CCc3ccc(C4(C(F)F)N=N4)cc3)cc2)N=N1.CCC(=O)CCC(O)COCC(O)CCc1ccc(C2(C)N=N2)cc1.CCC(O)COCC(O)CCc1ccc(C2(C(F)(F)F)N=N2)cc1. The van der Waals surface area contributed by atoms with Crippen molar-refractivity contribution < 1.29 is 71.6 Å².